The van der Waals surface area contributed by atoms with Crippen molar-refractivity contribution in [2.45, 2.75) is 30.9 Å². The molecule has 2 aliphatic rings. The van der Waals surface area contributed by atoms with Crippen LogP contribution in [0.25, 0.3) is 0 Å². The van der Waals surface area contributed by atoms with Crippen LogP contribution in [0.1, 0.15) is 24.6 Å². The van der Waals surface area contributed by atoms with Gasteiger partial charge in [-0.3, -0.25) is 4.79 Å². The lowest BCUT2D eigenvalue weighted by atomic mass is 9.70. The molecule has 0 saturated carbocycles. The smallest absolute Gasteiger partial charge is 0.388 e. The number of fused-ring (bicyclic) bond motifs is 2. The average molecular weight is 314 g/mol. The van der Waals surface area contributed by atoms with E-state index in [1.165, 1.54) is 6.07 Å². The molecule has 1 unspecified atom stereocenters. The third kappa shape index (κ3) is 2.14. The fraction of sp³-hybridized carbons (Fsp3) is 0.571. The van der Waals surface area contributed by atoms with Gasteiger partial charge in [0.15, 0.2) is 0 Å². The molecule has 3 heterocycles. The Morgan fingerprint density at radius 3 is 2.77 bits per heavy atom. The minimum Gasteiger partial charge on any atom is -0.417 e. The fourth-order valence-electron chi connectivity index (χ4n) is 2.92. The van der Waals surface area contributed by atoms with Crippen LogP contribution >= 0.6 is 0 Å². The number of nitrogens with zero attached hydrogens (tertiary/aromatic N) is 1. The molecule has 1 atom stereocenters. The van der Waals surface area contributed by atoms with Crippen molar-refractivity contribution < 1.29 is 28.2 Å². The summed E-state index contributed by atoms with van der Waals surface area (Å²) in [6, 6.07) is 2.97. The van der Waals surface area contributed by atoms with E-state index in [0.717, 1.165) is 5.56 Å². The number of carbonyl (C=O) groups is 1. The van der Waals surface area contributed by atoms with Crippen molar-refractivity contribution in [3.8, 4) is 5.88 Å². The molecule has 6 nitrogen and oxygen atoms in total. The van der Waals surface area contributed by atoms with Crippen molar-refractivity contribution >= 4 is 5.91 Å². The Balaban J connectivity index is 2.11. The first kappa shape index (κ1) is 15.1. The number of aromatic nitrogens is 1. The Morgan fingerprint density at radius 1 is 1.50 bits per heavy atom. The molecule has 0 aliphatic carbocycles. The molecule has 2 N–H and O–H groups in total. The lowest BCUT2D eigenvalue weighted by molar-refractivity contribution is -0.143. The Bertz CT molecular complexity index is 607. The second-order valence-electron chi connectivity index (χ2n) is 5.76. The first-order valence-corrected chi connectivity index (χ1v) is 6.89. The fourth-order valence-corrected chi connectivity index (χ4v) is 2.92. The van der Waals surface area contributed by atoms with E-state index in [1.54, 1.807) is 13.0 Å². The number of nitrogens with one attached hydrogen (secondary N) is 1. The number of aliphatic hydroxyl groups excluding tert-OH is 1. The van der Waals surface area contributed by atoms with Gasteiger partial charge < -0.3 is 19.9 Å². The summed E-state index contributed by atoms with van der Waals surface area (Å²) in [7, 11) is 0. The molecule has 1 aromatic rings. The zero-order valence-corrected chi connectivity index (χ0v) is 11.9. The van der Waals surface area contributed by atoms with Gasteiger partial charge in [-0.2, -0.15) is 8.78 Å². The maximum atomic E-state index is 12.5. The summed E-state index contributed by atoms with van der Waals surface area (Å²) in [4.78, 5) is 16.6. The highest BCUT2D eigenvalue weighted by Crippen LogP contribution is 2.43. The molecule has 1 aromatic heterocycles. The SMILES string of the molecule is CC1(CCO)C(=O)NC2(COC2)c2ccc(OC(F)F)nc21. The van der Waals surface area contributed by atoms with E-state index < -0.39 is 17.6 Å². The minimum atomic E-state index is -2.99. The molecule has 8 heteroatoms. The number of aliphatic hydroxyl groups is 1. The van der Waals surface area contributed by atoms with Crippen LogP contribution in [-0.2, 0) is 20.5 Å². The van der Waals surface area contributed by atoms with Gasteiger partial charge in [-0.25, -0.2) is 4.98 Å². The number of amides is 1. The van der Waals surface area contributed by atoms with E-state index in [-0.39, 0.29) is 24.8 Å². The lowest BCUT2D eigenvalue weighted by Crippen LogP contribution is -2.66. The number of rotatable bonds is 4. The number of ether oxygens (including phenoxy) is 2. The molecule has 22 heavy (non-hydrogen) atoms. The van der Waals surface area contributed by atoms with E-state index in [2.05, 4.69) is 15.0 Å². The van der Waals surface area contributed by atoms with Crippen molar-refractivity contribution in [1.29, 1.82) is 0 Å². The average Bonchev–Trinajstić information content (AvgIpc) is 2.41. The zero-order valence-electron chi connectivity index (χ0n) is 11.9. The topological polar surface area (TPSA) is 80.7 Å². The monoisotopic (exact) mass is 314 g/mol. The molecule has 1 amide bonds. The summed E-state index contributed by atoms with van der Waals surface area (Å²) in [6.07, 6.45) is 0.133. The number of hydrogen-bond acceptors (Lipinski definition) is 5. The largest absolute Gasteiger partial charge is 0.417 e. The summed E-state index contributed by atoms with van der Waals surface area (Å²) in [5.74, 6) is -0.554. The normalized spacial score (nSPS) is 25.6. The van der Waals surface area contributed by atoms with E-state index in [4.69, 9.17) is 4.74 Å². The molecule has 120 valence electrons. The minimum absolute atomic E-state index is 0.133. The Morgan fingerprint density at radius 2 is 2.23 bits per heavy atom. The van der Waals surface area contributed by atoms with Crippen LogP contribution < -0.4 is 10.1 Å². The first-order valence-electron chi connectivity index (χ1n) is 6.89. The van der Waals surface area contributed by atoms with Crippen LogP contribution in [0.4, 0.5) is 8.78 Å². The molecule has 0 aromatic carbocycles. The quantitative estimate of drug-likeness (QED) is 0.854. The van der Waals surface area contributed by atoms with Crippen molar-refractivity contribution in [2.24, 2.45) is 0 Å². The van der Waals surface area contributed by atoms with Crippen molar-refractivity contribution in [2.75, 3.05) is 19.8 Å². The van der Waals surface area contributed by atoms with Crippen LogP contribution in [0.3, 0.4) is 0 Å². The summed E-state index contributed by atoms with van der Waals surface area (Å²) >= 11 is 0. The standard InChI is InChI=1S/C14H16F2N2O4/c1-13(4-5-19)10-8(2-3-9(17-10)22-12(15)16)14(6-21-7-14)18-11(13)20/h2-3,12,19H,4-7H2,1H3,(H,18,20). The highest BCUT2D eigenvalue weighted by atomic mass is 19.3. The zero-order chi connectivity index (χ0) is 16.0. The van der Waals surface area contributed by atoms with E-state index in [9.17, 15) is 18.7 Å². The predicted molar refractivity (Wildman–Crippen MR) is 70.6 cm³/mol. The van der Waals surface area contributed by atoms with E-state index >= 15 is 0 Å². The predicted octanol–water partition coefficient (Wildman–Crippen LogP) is 0.678. The summed E-state index contributed by atoms with van der Waals surface area (Å²) in [6.45, 7) is -0.986. The summed E-state index contributed by atoms with van der Waals surface area (Å²) in [5, 5.41) is 12.2. The highest BCUT2D eigenvalue weighted by Gasteiger charge is 2.54. The maximum absolute atomic E-state index is 12.5. The Labute approximate surface area is 125 Å². The number of hydrogen-bond donors (Lipinski definition) is 2. The van der Waals surface area contributed by atoms with Crippen LogP contribution in [0, 0.1) is 0 Å². The van der Waals surface area contributed by atoms with Gasteiger partial charge in [0.1, 0.15) is 5.54 Å². The molecular weight excluding hydrogens is 298 g/mol. The number of halogens is 2. The van der Waals surface area contributed by atoms with Crippen LogP contribution in [0.2, 0.25) is 0 Å². The summed E-state index contributed by atoms with van der Waals surface area (Å²) in [5.41, 5.74) is -0.702. The highest BCUT2D eigenvalue weighted by molar-refractivity contribution is 5.90. The van der Waals surface area contributed by atoms with Crippen molar-refractivity contribution in [3.63, 3.8) is 0 Å². The Kier molecular flexibility index (Phi) is 3.53. The molecule has 0 radical (unpaired) electrons. The van der Waals surface area contributed by atoms with E-state index in [1.807, 2.05) is 0 Å². The van der Waals surface area contributed by atoms with Gasteiger partial charge in [0.2, 0.25) is 11.8 Å². The van der Waals surface area contributed by atoms with Gasteiger partial charge in [-0.15, -0.1) is 0 Å². The van der Waals surface area contributed by atoms with E-state index in [0.29, 0.717) is 18.9 Å². The molecular formula is C14H16F2N2O4. The lowest BCUT2D eigenvalue weighted by Gasteiger charge is -2.49. The van der Waals surface area contributed by atoms with Gasteiger partial charge >= 0.3 is 6.61 Å². The van der Waals surface area contributed by atoms with Crippen molar-refractivity contribution in [3.05, 3.63) is 23.4 Å². The van der Waals surface area contributed by atoms with Gasteiger partial charge in [0.05, 0.1) is 24.3 Å². The molecule has 0 bridgehead atoms. The van der Waals surface area contributed by atoms with Gasteiger partial charge in [0, 0.05) is 18.2 Å². The Hall–Kier alpha value is -1.80. The molecule has 3 rings (SSSR count). The van der Waals surface area contributed by atoms with Gasteiger partial charge in [0.25, 0.3) is 0 Å². The number of pyridine rings is 1. The number of carbonyl (C=O) groups excluding carboxylic acids is 1. The number of alkyl halides is 2. The summed E-state index contributed by atoms with van der Waals surface area (Å²) < 4.78 is 34.3. The maximum Gasteiger partial charge on any atom is 0.388 e. The third-order valence-corrected chi connectivity index (χ3v) is 4.28. The second kappa shape index (κ2) is 5.13. The molecule has 2 aliphatic heterocycles. The van der Waals surface area contributed by atoms with Crippen molar-refractivity contribution in [1.82, 2.24) is 10.3 Å². The van der Waals surface area contributed by atoms with Gasteiger partial charge in [-0.05, 0) is 19.4 Å². The van der Waals surface area contributed by atoms with Crippen LogP contribution in [-0.4, -0.2) is 42.4 Å². The van der Waals surface area contributed by atoms with Gasteiger partial charge in [-0.1, -0.05) is 0 Å². The second-order valence-corrected chi connectivity index (χ2v) is 5.76. The van der Waals surface area contributed by atoms with Crippen LogP contribution in [0.5, 0.6) is 5.88 Å². The third-order valence-electron chi connectivity index (χ3n) is 4.28. The molecule has 1 fully saturated rings. The molecule has 1 saturated heterocycles. The molecule has 1 spiro atoms. The van der Waals surface area contributed by atoms with Crippen LogP contribution in [0.15, 0.2) is 12.1 Å². The first-order chi connectivity index (χ1) is 10.4.